The molecule has 1 saturated heterocycles. The molecule has 1 aliphatic heterocycles. The SMILES string of the molecule is O=C(CSc1nnc(N2CCCCC2)n1-c1ccccc1)c1ccccc1. The Morgan fingerprint density at radius 3 is 2.26 bits per heavy atom. The van der Waals surface area contributed by atoms with Gasteiger partial charge in [-0.2, -0.15) is 0 Å². The molecule has 0 saturated carbocycles. The lowest BCUT2D eigenvalue weighted by atomic mass is 10.1. The summed E-state index contributed by atoms with van der Waals surface area (Å²) in [4.78, 5) is 14.8. The summed E-state index contributed by atoms with van der Waals surface area (Å²) in [6.45, 7) is 2.00. The number of hydrogen-bond acceptors (Lipinski definition) is 5. The fourth-order valence-electron chi connectivity index (χ4n) is 3.29. The van der Waals surface area contributed by atoms with Crippen LogP contribution in [0.25, 0.3) is 5.69 Å². The van der Waals surface area contributed by atoms with E-state index in [9.17, 15) is 4.79 Å². The normalized spacial score (nSPS) is 14.3. The average Bonchev–Trinajstić information content (AvgIpc) is 3.18. The first-order valence-corrected chi connectivity index (χ1v) is 10.3. The summed E-state index contributed by atoms with van der Waals surface area (Å²) in [6.07, 6.45) is 3.62. The lowest BCUT2D eigenvalue weighted by molar-refractivity contribution is 0.102. The van der Waals surface area contributed by atoms with E-state index in [2.05, 4.69) is 31.8 Å². The Balaban J connectivity index is 1.60. The number of para-hydroxylation sites is 1. The van der Waals surface area contributed by atoms with Crippen molar-refractivity contribution in [3.8, 4) is 5.69 Å². The summed E-state index contributed by atoms with van der Waals surface area (Å²) in [5, 5.41) is 9.64. The molecule has 0 unspecified atom stereocenters. The van der Waals surface area contributed by atoms with Crippen LogP contribution in [0.4, 0.5) is 5.95 Å². The summed E-state index contributed by atoms with van der Waals surface area (Å²) in [5.41, 5.74) is 1.75. The molecule has 3 aromatic rings. The average molecular weight is 379 g/mol. The number of anilines is 1. The molecule has 0 N–H and O–H groups in total. The second kappa shape index (κ2) is 8.39. The van der Waals surface area contributed by atoms with Crippen LogP contribution in [0.5, 0.6) is 0 Å². The van der Waals surface area contributed by atoms with E-state index < -0.39 is 0 Å². The summed E-state index contributed by atoms with van der Waals surface area (Å²) in [6, 6.07) is 19.5. The smallest absolute Gasteiger partial charge is 0.232 e. The molecule has 0 amide bonds. The zero-order valence-electron chi connectivity index (χ0n) is 15.1. The predicted octanol–water partition coefficient (Wildman–Crippen LogP) is 4.23. The molecule has 2 aromatic carbocycles. The number of ketones is 1. The molecule has 27 heavy (non-hydrogen) atoms. The van der Waals surface area contributed by atoms with Crippen molar-refractivity contribution in [1.82, 2.24) is 14.8 Å². The maximum atomic E-state index is 12.5. The highest BCUT2D eigenvalue weighted by Gasteiger charge is 2.22. The second-order valence-corrected chi connectivity index (χ2v) is 7.52. The third-order valence-corrected chi connectivity index (χ3v) is 5.63. The van der Waals surface area contributed by atoms with Crippen molar-refractivity contribution in [2.45, 2.75) is 24.4 Å². The third-order valence-electron chi connectivity index (χ3n) is 4.70. The molecule has 0 atom stereocenters. The number of rotatable bonds is 6. The molecule has 1 fully saturated rings. The highest BCUT2D eigenvalue weighted by molar-refractivity contribution is 7.99. The van der Waals surface area contributed by atoms with Crippen LogP contribution in [0.2, 0.25) is 0 Å². The molecule has 2 heterocycles. The first-order valence-electron chi connectivity index (χ1n) is 9.30. The largest absolute Gasteiger partial charge is 0.341 e. The molecule has 6 heteroatoms. The molecule has 1 aliphatic rings. The molecule has 5 nitrogen and oxygen atoms in total. The number of hydrogen-bond donors (Lipinski definition) is 0. The number of Topliss-reactive ketones (excluding diaryl/α,β-unsaturated/α-hetero) is 1. The zero-order chi connectivity index (χ0) is 18.5. The quantitative estimate of drug-likeness (QED) is 0.474. The lowest BCUT2D eigenvalue weighted by Gasteiger charge is -2.27. The molecular weight excluding hydrogens is 356 g/mol. The van der Waals surface area contributed by atoms with E-state index >= 15 is 0 Å². The van der Waals surface area contributed by atoms with Gasteiger partial charge in [0.2, 0.25) is 5.95 Å². The molecule has 4 rings (SSSR count). The lowest BCUT2D eigenvalue weighted by Crippen LogP contribution is -2.31. The van der Waals surface area contributed by atoms with Crippen molar-refractivity contribution < 1.29 is 4.79 Å². The van der Waals surface area contributed by atoms with Crippen LogP contribution in [0, 0.1) is 0 Å². The van der Waals surface area contributed by atoms with E-state index in [1.165, 1.54) is 31.0 Å². The predicted molar refractivity (Wildman–Crippen MR) is 109 cm³/mol. The van der Waals surface area contributed by atoms with Crippen LogP contribution >= 0.6 is 11.8 Å². The minimum Gasteiger partial charge on any atom is -0.341 e. The molecule has 0 spiro atoms. The van der Waals surface area contributed by atoms with Crippen LogP contribution in [0.1, 0.15) is 29.6 Å². The van der Waals surface area contributed by atoms with Gasteiger partial charge in [-0.05, 0) is 31.4 Å². The number of benzene rings is 2. The van der Waals surface area contributed by atoms with Crippen molar-refractivity contribution >= 4 is 23.5 Å². The van der Waals surface area contributed by atoms with Crippen molar-refractivity contribution in [2.75, 3.05) is 23.7 Å². The van der Waals surface area contributed by atoms with Crippen LogP contribution in [-0.4, -0.2) is 39.4 Å². The van der Waals surface area contributed by atoms with Crippen molar-refractivity contribution in [3.63, 3.8) is 0 Å². The van der Waals surface area contributed by atoms with Gasteiger partial charge in [-0.3, -0.25) is 9.36 Å². The van der Waals surface area contributed by atoms with E-state index in [0.717, 1.165) is 35.4 Å². The Labute approximate surface area is 163 Å². The van der Waals surface area contributed by atoms with Gasteiger partial charge in [0.25, 0.3) is 0 Å². The van der Waals surface area contributed by atoms with Gasteiger partial charge < -0.3 is 4.90 Å². The van der Waals surface area contributed by atoms with Crippen LogP contribution in [0.15, 0.2) is 65.8 Å². The minimum atomic E-state index is 0.0998. The molecule has 1 aromatic heterocycles. The van der Waals surface area contributed by atoms with E-state index in [1.54, 1.807) is 0 Å². The maximum Gasteiger partial charge on any atom is 0.232 e. The Kier molecular flexibility index (Phi) is 5.53. The number of aromatic nitrogens is 3. The van der Waals surface area contributed by atoms with Crippen molar-refractivity contribution in [3.05, 3.63) is 66.2 Å². The van der Waals surface area contributed by atoms with E-state index in [-0.39, 0.29) is 5.78 Å². The highest BCUT2D eigenvalue weighted by Crippen LogP contribution is 2.28. The summed E-state index contributed by atoms with van der Waals surface area (Å²) >= 11 is 1.44. The monoisotopic (exact) mass is 378 g/mol. The van der Waals surface area contributed by atoms with Gasteiger partial charge in [0.1, 0.15) is 0 Å². The number of nitrogens with zero attached hydrogens (tertiary/aromatic N) is 4. The maximum absolute atomic E-state index is 12.5. The number of carbonyl (C=O) groups is 1. The molecule has 0 radical (unpaired) electrons. The van der Waals surface area contributed by atoms with E-state index in [1.807, 2.05) is 48.5 Å². The van der Waals surface area contributed by atoms with Crippen LogP contribution in [-0.2, 0) is 0 Å². The fourth-order valence-corrected chi connectivity index (χ4v) is 4.14. The highest BCUT2D eigenvalue weighted by atomic mass is 32.2. The Morgan fingerprint density at radius 1 is 0.889 bits per heavy atom. The molecule has 0 bridgehead atoms. The summed E-state index contributed by atoms with van der Waals surface area (Å²) in [5.74, 6) is 1.31. The van der Waals surface area contributed by atoms with Gasteiger partial charge in [-0.25, -0.2) is 0 Å². The summed E-state index contributed by atoms with van der Waals surface area (Å²) in [7, 11) is 0. The first-order chi connectivity index (χ1) is 13.3. The van der Waals surface area contributed by atoms with Gasteiger partial charge >= 0.3 is 0 Å². The Hall–Kier alpha value is -2.60. The van der Waals surface area contributed by atoms with Gasteiger partial charge in [-0.1, -0.05) is 60.3 Å². The Bertz CT molecular complexity index is 889. The second-order valence-electron chi connectivity index (χ2n) is 6.58. The third kappa shape index (κ3) is 4.06. The van der Waals surface area contributed by atoms with E-state index in [0.29, 0.717) is 5.75 Å². The fraction of sp³-hybridized carbons (Fsp3) is 0.286. The summed E-state index contributed by atoms with van der Waals surface area (Å²) < 4.78 is 2.08. The number of thioether (sulfide) groups is 1. The standard InChI is InChI=1S/C21H22N4OS/c26-19(17-10-4-1-5-11-17)16-27-21-23-22-20(24-14-8-3-9-15-24)25(21)18-12-6-2-7-13-18/h1-2,4-7,10-13H,3,8-9,14-16H2. The van der Waals surface area contributed by atoms with Crippen LogP contribution in [0.3, 0.4) is 0 Å². The van der Waals surface area contributed by atoms with Crippen LogP contribution < -0.4 is 4.90 Å². The minimum absolute atomic E-state index is 0.0998. The van der Waals surface area contributed by atoms with Gasteiger partial charge in [-0.15, -0.1) is 10.2 Å². The molecule has 138 valence electrons. The molecular formula is C21H22N4OS. The van der Waals surface area contributed by atoms with Gasteiger partial charge in [0.15, 0.2) is 10.9 Å². The van der Waals surface area contributed by atoms with E-state index in [4.69, 9.17) is 0 Å². The van der Waals surface area contributed by atoms with Crippen molar-refractivity contribution in [1.29, 1.82) is 0 Å². The topological polar surface area (TPSA) is 51.0 Å². The van der Waals surface area contributed by atoms with Crippen molar-refractivity contribution in [2.24, 2.45) is 0 Å². The Morgan fingerprint density at radius 2 is 1.56 bits per heavy atom. The first kappa shape index (κ1) is 17.8. The zero-order valence-corrected chi connectivity index (χ0v) is 15.9. The van der Waals surface area contributed by atoms with Gasteiger partial charge in [0.05, 0.1) is 11.4 Å². The van der Waals surface area contributed by atoms with Gasteiger partial charge in [0, 0.05) is 18.7 Å². The number of carbonyl (C=O) groups excluding carboxylic acids is 1. The number of piperidine rings is 1. The molecule has 0 aliphatic carbocycles.